The second-order valence-corrected chi connectivity index (χ2v) is 4.76. The van der Waals surface area contributed by atoms with E-state index in [9.17, 15) is 14.9 Å². The fourth-order valence-corrected chi connectivity index (χ4v) is 1.75. The van der Waals surface area contributed by atoms with Crippen LogP contribution in [0.4, 0.5) is 11.4 Å². The van der Waals surface area contributed by atoms with Crippen LogP contribution in [0, 0.1) is 10.1 Å². The number of rotatable bonds is 8. The first-order valence-electron chi connectivity index (χ1n) is 6.75. The third-order valence-corrected chi connectivity index (χ3v) is 2.95. The normalized spacial score (nSPS) is 10.6. The summed E-state index contributed by atoms with van der Waals surface area (Å²) in [6, 6.07) is 5.96. The molecule has 0 aliphatic carbocycles. The summed E-state index contributed by atoms with van der Waals surface area (Å²) in [5, 5.41) is 13.3. The fraction of sp³-hybridized carbons (Fsp3) is 0.500. The van der Waals surface area contributed by atoms with E-state index in [0.717, 1.165) is 19.4 Å². The molecular weight excluding hydrogens is 258 g/mol. The highest BCUT2D eigenvalue weighted by Gasteiger charge is 2.08. The quantitative estimate of drug-likeness (QED) is 0.586. The standard InChI is InChI=1S/C14H21N3O3/c1-3-4-9-16(2)10-8-14(18)15-12-6-5-7-13(11-12)17(19)20/h5-7,11H,3-4,8-10H2,1-2H3,(H,15,18). The molecule has 0 aliphatic heterocycles. The number of carbonyl (C=O) groups excluding carboxylic acids is 1. The van der Waals surface area contributed by atoms with Crippen LogP contribution in [0.25, 0.3) is 0 Å². The maximum absolute atomic E-state index is 11.8. The lowest BCUT2D eigenvalue weighted by molar-refractivity contribution is -0.384. The minimum Gasteiger partial charge on any atom is -0.326 e. The van der Waals surface area contributed by atoms with Gasteiger partial charge in [-0.05, 0) is 26.1 Å². The first kappa shape index (κ1) is 16.1. The molecule has 0 aliphatic rings. The largest absolute Gasteiger partial charge is 0.326 e. The van der Waals surface area contributed by atoms with Crippen molar-refractivity contribution in [3.05, 3.63) is 34.4 Å². The molecule has 0 fully saturated rings. The van der Waals surface area contributed by atoms with Gasteiger partial charge in [0.2, 0.25) is 5.91 Å². The van der Waals surface area contributed by atoms with Crippen molar-refractivity contribution in [1.82, 2.24) is 4.90 Å². The number of carbonyl (C=O) groups is 1. The molecule has 0 aromatic heterocycles. The molecule has 20 heavy (non-hydrogen) atoms. The molecule has 1 aromatic carbocycles. The first-order chi connectivity index (χ1) is 9.52. The number of nitrogens with zero attached hydrogens (tertiary/aromatic N) is 2. The van der Waals surface area contributed by atoms with E-state index in [0.29, 0.717) is 18.7 Å². The van der Waals surface area contributed by atoms with Gasteiger partial charge in [-0.25, -0.2) is 0 Å². The molecule has 1 aromatic rings. The minimum atomic E-state index is -0.478. The van der Waals surface area contributed by atoms with E-state index in [4.69, 9.17) is 0 Å². The predicted molar refractivity (Wildman–Crippen MR) is 78.7 cm³/mol. The van der Waals surface area contributed by atoms with Crippen LogP contribution in [-0.4, -0.2) is 35.9 Å². The molecule has 0 saturated carbocycles. The van der Waals surface area contributed by atoms with Crippen LogP contribution in [0.2, 0.25) is 0 Å². The van der Waals surface area contributed by atoms with Crippen molar-refractivity contribution in [3.8, 4) is 0 Å². The first-order valence-corrected chi connectivity index (χ1v) is 6.75. The van der Waals surface area contributed by atoms with Crippen molar-refractivity contribution >= 4 is 17.3 Å². The Morgan fingerprint density at radius 2 is 2.15 bits per heavy atom. The summed E-state index contributed by atoms with van der Waals surface area (Å²) < 4.78 is 0. The Balaban J connectivity index is 2.42. The van der Waals surface area contributed by atoms with Crippen molar-refractivity contribution < 1.29 is 9.72 Å². The Bertz CT molecular complexity index is 463. The van der Waals surface area contributed by atoms with Crippen LogP contribution < -0.4 is 5.32 Å². The van der Waals surface area contributed by atoms with Crippen molar-refractivity contribution in [2.45, 2.75) is 26.2 Å². The van der Waals surface area contributed by atoms with Crippen LogP contribution in [0.1, 0.15) is 26.2 Å². The van der Waals surface area contributed by atoms with Crippen LogP contribution >= 0.6 is 0 Å². The molecule has 6 heteroatoms. The Labute approximate surface area is 118 Å². The zero-order valence-corrected chi connectivity index (χ0v) is 12.0. The highest BCUT2D eigenvalue weighted by atomic mass is 16.6. The number of benzene rings is 1. The van der Waals surface area contributed by atoms with Gasteiger partial charge in [0.25, 0.3) is 5.69 Å². The predicted octanol–water partition coefficient (Wildman–Crippen LogP) is 2.66. The molecule has 0 radical (unpaired) electrons. The summed E-state index contributed by atoms with van der Waals surface area (Å²) in [6.07, 6.45) is 2.62. The molecule has 0 spiro atoms. The lowest BCUT2D eigenvalue weighted by atomic mass is 10.2. The van der Waals surface area contributed by atoms with Crippen LogP contribution in [0.15, 0.2) is 24.3 Å². The SMILES string of the molecule is CCCCN(C)CCC(=O)Nc1cccc([N+](=O)[O-])c1. The Morgan fingerprint density at radius 1 is 1.40 bits per heavy atom. The average Bonchev–Trinajstić information content (AvgIpc) is 2.43. The number of non-ortho nitro benzene ring substituents is 1. The number of amides is 1. The van der Waals surface area contributed by atoms with E-state index < -0.39 is 4.92 Å². The second kappa shape index (κ2) is 8.27. The molecule has 1 amide bonds. The highest BCUT2D eigenvalue weighted by molar-refractivity contribution is 5.91. The van der Waals surface area contributed by atoms with Crippen molar-refractivity contribution in [1.29, 1.82) is 0 Å². The van der Waals surface area contributed by atoms with Gasteiger partial charge in [0.15, 0.2) is 0 Å². The van der Waals surface area contributed by atoms with E-state index in [1.165, 1.54) is 12.1 Å². The van der Waals surface area contributed by atoms with Crippen molar-refractivity contribution in [3.63, 3.8) is 0 Å². The molecule has 0 saturated heterocycles. The molecule has 1 N–H and O–H groups in total. The Hall–Kier alpha value is -1.95. The summed E-state index contributed by atoms with van der Waals surface area (Å²) >= 11 is 0. The number of anilines is 1. The maximum atomic E-state index is 11.8. The maximum Gasteiger partial charge on any atom is 0.271 e. The second-order valence-electron chi connectivity index (χ2n) is 4.76. The van der Waals surface area contributed by atoms with Gasteiger partial charge in [0, 0.05) is 30.8 Å². The molecular formula is C14H21N3O3. The molecule has 0 atom stereocenters. The third kappa shape index (κ3) is 5.79. The molecule has 0 heterocycles. The summed E-state index contributed by atoms with van der Waals surface area (Å²) in [5.41, 5.74) is 0.434. The van der Waals surface area contributed by atoms with Gasteiger partial charge in [-0.15, -0.1) is 0 Å². The van der Waals surface area contributed by atoms with E-state index in [1.54, 1.807) is 12.1 Å². The summed E-state index contributed by atoms with van der Waals surface area (Å²) in [5.74, 6) is -0.131. The van der Waals surface area contributed by atoms with Gasteiger partial charge in [-0.2, -0.15) is 0 Å². The van der Waals surface area contributed by atoms with Crippen molar-refractivity contribution in [2.75, 3.05) is 25.5 Å². The molecule has 6 nitrogen and oxygen atoms in total. The van der Waals surface area contributed by atoms with Gasteiger partial charge in [-0.1, -0.05) is 19.4 Å². The Morgan fingerprint density at radius 3 is 2.80 bits per heavy atom. The van der Waals surface area contributed by atoms with Gasteiger partial charge < -0.3 is 10.2 Å². The lowest BCUT2D eigenvalue weighted by Crippen LogP contribution is -2.25. The zero-order chi connectivity index (χ0) is 15.0. The molecule has 0 unspecified atom stereocenters. The van der Waals surface area contributed by atoms with Crippen LogP contribution in [0.3, 0.4) is 0 Å². The van der Waals surface area contributed by atoms with Gasteiger partial charge in [-0.3, -0.25) is 14.9 Å². The van der Waals surface area contributed by atoms with E-state index >= 15 is 0 Å². The summed E-state index contributed by atoms with van der Waals surface area (Å²) in [4.78, 5) is 24.0. The number of nitrogens with one attached hydrogen (secondary N) is 1. The van der Waals surface area contributed by atoms with Gasteiger partial charge in [0.05, 0.1) is 4.92 Å². The van der Waals surface area contributed by atoms with Gasteiger partial charge >= 0.3 is 0 Å². The van der Waals surface area contributed by atoms with Crippen LogP contribution in [-0.2, 0) is 4.79 Å². The molecule has 1 rings (SSSR count). The highest BCUT2D eigenvalue weighted by Crippen LogP contribution is 2.17. The smallest absolute Gasteiger partial charge is 0.271 e. The topological polar surface area (TPSA) is 75.5 Å². The monoisotopic (exact) mass is 279 g/mol. The number of nitro benzene ring substituents is 1. The molecule has 0 bridgehead atoms. The number of hydrogen-bond donors (Lipinski definition) is 1. The number of unbranched alkanes of at least 4 members (excludes halogenated alkanes) is 1. The van der Waals surface area contributed by atoms with E-state index in [1.807, 2.05) is 7.05 Å². The van der Waals surface area contributed by atoms with E-state index in [-0.39, 0.29) is 11.6 Å². The average molecular weight is 279 g/mol. The number of hydrogen-bond acceptors (Lipinski definition) is 4. The summed E-state index contributed by atoms with van der Waals surface area (Å²) in [7, 11) is 1.98. The van der Waals surface area contributed by atoms with Crippen LogP contribution in [0.5, 0.6) is 0 Å². The Kier molecular flexibility index (Phi) is 6.66. The minimum absolute atomic E-state index is 0.0251. The van der Waals surface area contributed by atoms with Crippen molar-refractivity contribution in [2.24, 2.45) is 0 Å². The van der Waals surface area contributed by atoms with E-state index in [2.05, 4.69) is 17.1 Å². The third-order valence-electron chi connectivity index (χ3n) is 2.95. The number of nitro groups is 1. The lowest BCUT2D eigenvalue weighted by Gasteiger charge is -2.15. The zero-order valence-electron chi connectivity index (χ0n) is 12.0. The fourth-order valence-electron chi connectivity index (χ4n) is 1.75. The molecule has 110 valence electrons. The summed E-state index contributed by atoms with van der Waals surface area (Å²) in [6.45, 7) is 3.78. The van der Waals surface area contributed by atoms with Gasteiger partial charge in [0.1, 0.15) is 0 Å².